The Morgan fingerprint density at radius 2 is 1.81 bits per heavy atom. The van der Waals surface area contributed by atoms with Crippen molar-refractivity contribution in [1.82, 2.24) is 4.90 Å². The Bertz CT molecular complexity index is 388. The molecule has 0 aliphatic carbocycles. The lowest BCUT2D eigenvalue weighted by atomic mass is 10.2. The fraction of sp³-hybridized carbons (Fsp3) is 0.588. The van der Waals surface area contributed by atoms with Crippen LogP contribution in [0.15, 0.2) is 35.3 Å². The van der Waals surface area contributed by atoms with Gasteiger partial charge in [-0.05, 0) is 38.7 Å². The van der Waals surface area contributed by atoms with Gasteiger partial charge in [0.15, 0.2) is 5.96 Å². The second-order valence-electron chi connectivity index (χ2n) is 4.97. The zero-order chi connectivity index (χ0) is 15.3. The van der Waals surface area contributed by atoms with Crippen molar-refractivity contribution in [3.05, 3.63) is 35.9 Å². The largest absolute Gasteiger partial charge is 0.381 e. The summed E-state index contributed by atoms with van der Waals surface area (Å²) in [6, 6.07) is 10.4. The first-order valence-electron chi connectivity index (χ1n) is 7.94. The van der Waals surface area contributed by atoms with E-state index in [4.69, 9.17) is 10.5 Å². The Labute approximate surface area is 129 Å². The minimum atomic E-state index is 0.657. The SMILES string of the molecule is CCN(CC)C(N)=NCCCCOCCc1ccccc1. The Hall–Kier alpha value is -1.55. The first-order chi connectivity index (χ1) is 10.3. The van der Waals surface area contributed by atoms with Crippen LogP contribution in [-0.4, -0.2) is 43.7 Å². The number of hydrogen-bond donors (Lipinski definition) is 1. The van der Waals surface area contributed by atoms with Crippen LogP contribution in [0.25, 0.3) is 0 Å². The molecule has 0 heterocycles. The van der Waals surface area contributed by atoms with Crippen LogP contribution in [0.3, 0.4) is 0 Å². The molecule has 4 heteroatoms. The van der Waals surface area contributed by atoms with Crippen LogP contribution < -0.4 is 5.73 Å². The standard InChI is InChI=1S/C17H29N3O/c1-3-20(4-2)17(18)19-13-8-9-14-21-15-12-16-10-6-5-7-11-16/h5-7,10-11H,3-4,8-9,12-15H2,1-2H3,(H2,18,19). The molecule has 1 rings (SSSR count). The van der Waals surface area contributed by atoms with E-state index in [1.807, 2.05) is 6.07 Å². The van der Waals surface area contributed by atoms with E-state index in [-0.39, 0.29) is 0 Å². The molecule has 0 radical (unpaired) electrons. The van der Waals surface area contributed by atoms with Crippen LogP contribution in [0.2, 0.25) is 0 Å². The van der Waals surface area contributed by atoms with E-state index in [2.05, 4.69) is 48.0 Å². The summed E-state index contributed by atoms with van der Waals surface area (Å²) in [6.07, 6.45) is 3.03. The predicted molar refractivity (Wildman–Crippen MR) is 89.6 cm³/mol. The predicted octanol–water partition coefficient (Wildman–Crippen LogP) is 2.68. The molecule has 0 atom stereocenters. The van der Waals surface area contributed by atoms with E-state index in [1.165, 1.54) is 5.56 Å². The van der Waals surface area contributed by atoms with Crippen molar-refractivity contribution in [3.8, 4) is 0 Å². The molecule has 0 amide bonds. The van der Waals surface area contributed by atoms with E-state index in [0.29, 0.717) is 5.96 Å². The molecule has 0 aliphatic heterocycles. The first kappa shape index (κ1) is 17.5. The van der Waals surface area contributed by atoms with Crippen molar-refractivity contribution in [2.45, 2.75) is 33.1 Å². The number of unbranched alkanes of at least 4 members (excludes halogenated alkanes) is 1. The smallest absolute Gasteiger partial charge is 0.191 e. The summed E-state index contributed by atoms with van der Waals surface area (Å²) >= 11 is 0. The molecule has 118 valence electrons. The summed E-state index contributed by atoms with van der Waals surface area (Å²) in [4.78, 5) is 6.46. The molecule has 2 N–H and O–H groups in total. The summed E-state index contributed by atoms with van der Waals surface area (Å²) in [5, 5.41) is 0. The molecule has 0 fully saturated rings. The molecule has 0 spiro atoms. The van der Waals surface area contributed by atoms with Gasteiger partial charge in [0.05, 0.1) is 6.61 Å². The average Bonchev–Trinajstić information content (AvgIpc) is 2.52. The van der Waals surface area contributed by atoms with Gasteiger partial charge in [0.2, 0.25) is 0 Å². The molecule has 0 aromatic heterocycles. The van der Waals surface area contributed by atoms with Gasteiger partial charge in [-0.1, -0.05) is 30.3 Å². The number of rotatable bonds is 10. The molecule has 0 saturated carbocycles. The second-order valence-corrected chi connectivity index (χ2v) is 4.97. The van der Waals surface area contributed by atoms with Gasteiger partial charge in [0.1, 0.15) is 0 Å². The monoisotopic (exact) mass is 291 g/mol. The van der Waals surface area contributed by atoms with Crippen molar-refractivity contribution in [2.75, 3.05) is 32.8 Å². The van der Waals surface area contributed by atoms with E-state index in [1.54, 1.807) is 0 Å². The summed E-state index contributed by atoms with van der Waals surface area (Å²) in [7, 11) is 0. The van der Waals surface area contributed by atoms with E-state index >= 15 is 0 Å². The van der Waals surface area contributed by atoms with Crippen LogP contribution in [0.5, 0.6) is 0 Å². The third-order valence-corrected chi connectivity index (χ3v) is 3.44. The highest BCUT2D eigenvalue weighted by Crippen LogP contribution is 2.00. The van der Waals surface area contributed by atoms with Crippen LogP contribution >= 0.6 is 0 Å². The average molecular weight is 291 g/mol. The molecule has 0 bridgehead atoms. The number of nitrogens with zero attached hydrogens (tertiary/aromatic N) is 2. The summed E-state index contributed by atoms with van der Waals surface area (Å²) in [5.74, 6) is 0.657. The molecule has 1 aromatic rings. The van der Waals surface area contributed by atoms with Crippen molar-refractivity contribution in [2.24, 2.45) is 10.7 Å². The Balaban J connectivity index is 2.01. The maximum absolute atomic E-state index is 5.91. The molecule has 0 unspecified atom stereocenters. The third kappa shape index (κ3) is 7.71. The van der Waals surface area contributed by atoms with Gasteiger partial charge < -0.3 is 15.4 Å². The number of guanidine groups is 1. The van der Waals surface area contributed by atoms with Gasteiger partial charge >= 0.3 is 0 Å². The highest BCUT2D eigenvalue weighted by molar-refractivity contribution is 5.77. The van der Waals surface area contributed by atoms with E-state index in [9.17, 15) is 0 Å². The van der Waals surface area contributed by atoms with Gasteiger partial charge in [-0.25, -0.2) is 0 Å². The lowest BCUT2D eigenvalue weighted by molar-refractivity contribution is 0.134. The van der Waals surface area contributed by atoms with Crippen LogP contribution in [0.4, 0.5) is 0 Å². The number of aliphatic imine (C=N–C) groups is 1. The van der Waals surface area contributed by atoms with Gasteiger partial charge in [0.25, 0.3) is 0 Å². The normalized spacial score (nSPS) is 11.6. The van der Waals surface area contributed by atoms with E-state index < -0.39 is 0 Å². The Kier molecular flexibility index (Phi) is 9.29. The fourth-order valence-electron chi connectivity index (χ4n) is 2.09. The molecule has 0 saturated heterocycles. The molecular formula is C17H29N3O. The van der Waals surface area contributed by atoms with E-state index in [0.717, 1.165) is 52.1 Å². The molecular weight excluding hydrogens is 262 g/mol. The summed E-state index contributed by atoms with van der Waals surface area (Å²) < 4.78 is 5.64. The summed E-state index contributed by atoms with van der Waals surface area (Å²) in [5.41, 5.74) is 7.24. The number of nitrogens with two attached hydrogens (primary N) is 1. The number of ether oxygens (including phenoxy) is 1. The van der Waals surface area contributed by atoms with Crippen molar-refractivity contribution >= 4 is 5.96 Å². The van der Waals surface area contributed by atoms with Crippen LogP contribution in [0.1, 0.15) is 32.3 Å². The Morgan fingerprint density at radius 1 is 1.10 bits per heavy atom. The molecule has 21 heavy (non-hydrogen) atoms. The lowest BCUT2D eigenvalue weighted by Crippen LogP contribution is -2.37. The fourth-order valence-corrected chi connectivity index (χ4v) is 2.09. The molecule has 4 nitrogen and oxygen atoms in total. The van der Waals surface area contributed by atoms with Crippen molar-refractivity contribution in [1.29, 1.82) is 0 Å². The summed E-state index contributed by atoms with van der Waals surface area (Å²) in [6.45, 7) is 8.37. The zero-order valence-corrected chi connectivity index (χ0v) is 13.4. The minimum Gasteiger partial charge on any atom is -0.381 e. The number of benzene rings is 1. The maximum Gasteiger partial charge on any atom is 0.191 e. The lowest BCUT2D eigenvalue weighted by Gasteiger charge is -2.19. The topological polar surface area (TPSA) is 50.8 Å². The number of hydrogen-bond acceptors (Lipinski definition) is 2. The van der Waals surface area contributed by atoms with Crippen LogP contribution in [-0.2, 0) is 11.2 Å². The van der Waals surface area contributed by atoms with Gasteiger partial charge in [-0.15, -0.1) is 0 Å². The van der Waals surface area contributed by atoms with Gasteiger partial charge in [-0.2, -0.15) is 0 Å². The third-order valence-electron chi connectivity index (χ3n) is 3.44. The minimum absolute atomic E-state index is 0.657. The maximum atomic E-state index is 5.91. The highest BCUT2D eigenvalue weighted by atomic mass is 16.5. The quantitative estimate of drug-likeness (QED) is 0.410. The van der Waals surface area contributed by atoms with Crippen molar-refractivity contribution in [3.63, 3.8) is 0 Å². The molecule has 0 aliphatic rings. The van der Waals surface area contributed by atoms with Crippen LogP contribution in [0, 0.1) is 0 Å². The highest BCUT2D eigenvalue weighted by Gasteiger charge is 2.00. The first-order valence-corrected chi connectivity index (χ1v) is 7.94. The Morgan fingerprint density at radius 3 is 2.48 bits per heavy atom. The zero-order valence-electron chi connectivity index (χ0n) is 13.4. The van der Waals surface area contributed by atoms with Gasteiger partial charge in [-0.3, -0.25) is 4.99 Å². The van der Waals surface area contributed by atoms with Crippen molar-refractivity contribution < 1.29 is 4.74 Å². The van der Waals surface area contributed by atoms with Gasteiger partial charge in [0, 0.05) is 26.2 Å². The molecule has 1 aromatic carbocycles. The second kappa shape index (κ2) is 11.1.